The van der Waals surface area contributed by atoms with Crippen LogP contribution in [0.2, 0.25) is 0 Å². The van der Waals surface area contributed by atoms with Crippen LogP contribution in [0.15, 0.2) is 23.1 Å². The zero-order valence-corrected chi connectivity index (χ0v) is 12.9. The number of benzene rings is 1. The molecule has 118 valence electrons. The lowest BCUT2D eigenvalue weighted by Gasteiger charge is -2.26. The first-order valence-electron chi connectivity index (χ1n) is 6.34. The van der Waals surface area contributed by atoms with Gasteiger partial charge in [-0.2, -0.15) is 4.31 Å². The average molecular weight is 339 g/mol. The van der Waals surface area contributed by atoms with Gasteiger partial charge in [-0.25, -0.2) is 25.6 Å². The normalized spacial score (nSPS) is 21.8. The van der Waals surface area contributed by atoms with E-state index in [1.54, 1.807) is 6.92 Å². The fourth-order valence-corrected chi connectivity index (χ4v) is 5.97. The summed E-state index contributed by atoms with van der Waals surface area (Å²) < 4.78 is 75.5. The average Bonchev–Trinajstić information content (AvgIpc) is 2.69. The van der Waals surface area contributed by atoms with E-state index in [0.717, 1.165) is 16.4 Å². The van der Waals surface area contributed by atoms with Gasteiger partial charge in [0.05, 0.1) is 11.5 Å². The SMILES string of the molecule is CCN(C1CCS(=O)(=O)C1)S(=O)(=O)c1ccc(F)cc1F. The highest BCUT2D eigenvalue weighted by molar-refractivity contribution is 7.92. The first kappa shape index (κ1) is 16.3. The largest absolute Gasteiger partial charge is 0.246 e. The van der Waals surface area contributed by atoms with Gasteiger partial charge in [-0.15, -0.1) is 0 Å². The summed E-state index contributed by atoms with van der Waals surface area (Å²) in [5.74, 6) is -2.43. The minimum Gasteiger partial charge on any atom is -0.229 e. The lowest BCUT2D eigenvalue weighted by molar-refractivity contribution is 0.352. The monoisotopic (exact) mass is 339 g/mol. The summed E-state index contributed by atoms with van der Waals surface area (Å²) in [5, 5.41) is 0. The van der Waals surface area contributed by atoms with Gasteiger partial charge in [-0.1, -0.05) is 6.92 Å². The fraction of sp³-hybridized carbons (Fsp3) is 0.500. The van der Waals surface area contributed by atoms with Gasteiger partial charge in [0.25, 0.3) is 0 Å². The van der Waals surface area contributed by atoms with Gasteiger partial charge in [-0.05, 0) is 18.6 Å². The summed E-state index contributed by atoms with van der Waals surface area (Å²) in [6.07, 6.45) is 0.179. The molecular weight excluding hydrogens is 324 g/mol. The predicted molar refractivity (Wildman–Crippen MR) is 73.0 cm³/mol. The van der Waals surface area contributed by atoms with Crippen LogP contribution in [-0.2, 0) is 19.9 Å². The van der Waals surface area contributed by atoms with Crippen molar-refractivity contribution in [2.24, 2.45) is 0 Å². The Hall–Kier alpha value is -1.06. The molecule has 1 aliphatic heterocycles. The van der Waals surface area contributed by atoms with Crippen molar-refractivity contribution in [2.75, 3.05) is 18.1 Å². The molecule has 0 aliphatic carbocycles. The lowest BCUT2D eigenvalue weighted by Crippen LogP contribution is -2.41. The number of rotatable bonds is 4. The molecule has 1 saturated heterocycles. The molecule has 2 rings (SSSR count). The fourth-order valence-electron chi connectivity index (χ4n) is 2.44. The Morgan fingerprint density at radius 1 is 1.33 bits per heavy atom. The van der Waals surface area contributed by atoms with Gasteiger partial charge in [-0.3, -0.25) is 0 Å². The molecule has 1 aliphatic rings. The van der Waals surface area contributed by atoms with Crippen LogP contribution in [0.25, 0.3) is 0 Å². The van der Waals surface area contributed by atoms with Crippen molar-refractivity contribution in [2.45, 2.75) is 24.3 Å². The molecule has 0 radical (unpaired) electrons. The Morgan fingerprint density at radius 3 is 2.48 bits per heavy atom. The molecule has 1 aromatic rings. The first-order valence-corrected chi connectivity index (χ1v) is 9.61. The Balaban J connectivity index is 2.41. The number of halogens is 2. The van der Waals surface area contributed by atoms with E-state index in [1.165, 1.54) is 0 Å². The second-order valence-electron chi connectivity index (χ2n) is 4.84. The first-order chi connectivity index (χ1) is 9.67. The van der Waals surface area contributed by atoms with Crippen LogP contribution in [0, 0.1) is 11.6 Å². The molecule has 21 heavy (non-hydrogen) atoms. The minimum absolute atomic E-state index is 0.0132. The Bertz CT molecular complexity index is 747. The lowest BCUT2D eigenvalue weighted by atomic mass is 10.3. The maximum Gasteiger partial charge on any atom is 0.246 e. The second kappa shape index (κ2) is 5.62. The number of hydrogen-bond acceptors (Lipinski definition) is 4. The molecule has 1 fully saturated rings. The Labute approximate surface area is 122 Å². The van der Waals surface area contributed by atoms with Crippen LogP contribution < -0.4 is 0 Å². The van der Waals surface area contributed by atoms with Crippen LogP contribution >= 0.6 is 0 Å². The van der Waals surface area contributed by atoms with Gasteiger partial charge >= 0.3 is 0 Å². The van der Waals surface area contributed by atoms with E-state index in [1.807, 2.05) is 0 Å². The molecule has 1 aromatic carbocycles. The summed E-state index contributed by atoms with van der Waals surface area (Å²) >= 11 is 0. The number of hydrogen-bond donors (Lipinski definition) is 0. The zero-order valence-electron chi connectivity index (χ0n) is 11.3. The van der Waals surface area contributed by atoms with E-state index < -0.39 is 42.4 Å². The molecular formula is C12H15F2NO4S2. The minimum atomic E-state index is -4.20. The van der Waals surface area contributed by atoms with Crippen LogP contribution in [0.5, 0.6) is 0 Å². The smallest absolute Gasteiger partial charge is 0.229 e. The molecule has 9 heteroatoms. The van der Waals surface area contributed by atoms with E-state index in [2.05, 4.69) is 0 Å². The standard InChI is InChI=1S/C12H15F2NO4S2/c1-2-15(10-5-6-20(16,17)8-10)21(18,19)12-4-3-9(13)7-11(12)14/h3-4,7,10H,2,5-6,8H2,1H3. The van der Waals surface area contributed by atoms with Crippen LogP contribution in [0.1, 0.15) is 13.3 Å². The van der Waals surface area contributed by atoms with Gasteiger partial charge in [0.1, 0.15) is 16.5 Å². The van der Waals surface area contributed by atoms with Crippen LogP contribution in [-0.4, -0.2) is 45.2 Å². The van der Waals surface area contributed by atoms with Gasteiger partial charge in [0.2, 0.25) is 10.0 Å². The summed E-state index contributed by atoms with van der Waals surface area (Å²) in [6.45, 7) is 1.56. The highest BCUT2D eigenvalue weighted by Crippen LogP contribution is 2.26. The molecule has 0 aromatic heterocycles. The molecule has 0 N–H and O–H groups in total. The molecule has 0 saturated carbocycles. The summed E-state index contributed by atoms with van der Waals surface area (Å²) in [4.78, 5) is -0.643. The van der Waals surface area contributed by atoms with Gasteiger partial charge < -0.3 is 0 Å². The van der Waals surface area contributed by atoms with Crippen molar-refractivity contribution in [3.63, 3.8) is 0 Å². The van der Waals surface area contributed by atoms with Crippen molar-refractivity contribution in [1.29, 1.82) is 0 Å². The third-order valence-electron chi connectivity index (χ3n) is 3.41. The van der Waals surface area contributed by atoms with Gasteiger partial charge in [0, 0.05) is 18.7 Å². The predicted octanol–water partition coefficient (Wildman–Crippen LogP) is 1.16. The van der Waals surface area contributed by atoms with Gasteiger partial charge in [0.15, 0.2) is 9.84 Å². The van der Waals surface area contributed by atoms with E-state index in [-0.39, 0.29) is 24.5 Å². The zero-order chi connectivity index (χ0) is 15.8. The molecule has 0 bridgehead atoms. The molecule has 5 nitrogen and oxygen atoms in total. The number of sulfone groups is 1. The molecule has 1 atom stereocenters. The van der Waals surface area contributed by atoms with Crippen molar-refractivity contribution in [3.8, 4) is 0 Å². The van der Waals surface area contributed by atoms with Crippen molar-refractivity contribution < 1.29 is 25.6 Å². The van der Waals surface area contributed by atoms with E-state index >= 15 is 0 Å². The van der Waals surface area contributed by atoms with E-state index in [9.17, 15) is 25.6 Å². The maximum atomic E-state index is 13.7. The van der Waals surface area contributed by atoms with Crippen LogP contribution in [0.4, 0.5) is 8.78 Å². The maximum absolute atomic E-state index is 13.7. The van der Waals surface area contributed by atoms with Crippen molar-refractivity contribution in [3.05, 3.63) is 29.8 Å². The highest BCUT2D eigenvalue weighted by atomic mass is 32.2. The molecule has 0 spiro atoms. The quantitative estimate of drug-likeness (QED) is 0.825. The second-order valence-corrected chi connectivity index (χ2v) is 8.93. The Kier molecular flexibility index (Phi) is 4.36. The van der Waals surface area contributed by atoms with Crippen LogP contribution in [0.3, 0.4) is 0 Å². The summed E-state index contributed by atoms with van der Waals surface area (Å²) in [7, 11) is -7.47. The molecule has 1 heterocycles. The third kappa shape index (κ3) is 3.24. The number of nitrogens with zero attached hydrogens (tertiary/aromatic N) is 1. The third-order valence-corrected chi connectivity index (χ3v) is 7.22. The topological polar surface area (TPSA) is 71.5 Å². The van der Waals surface area contributed by atoms with E-state index in [0.29, 0.717) is 6.07 Å². The van der Waals surface area contributed by atoms with Crippen molar-refractivity contribution >= 4 is 19.9 Å². The highest BCUT2D eigenvalue weighted by Gasteiger charge is 2.38. The summed E-state index contributed by atoms with van der Waals surface area (Å²) in [5.41, 5.74) is 0. The van der Waals surface area contributed by atoms with E-state index in [4.69, 9.17) is 0 Å². The molecule has 1 unspecified atom stereocenters. The number of sulfonamides is 1. The molecule has 0 amide bonds. The van der Waals surface area contributed by atoms with Crippen molar-refractivity contribution in [1.82, 2.24) is 4.31 Å². The Morgan fingerprint density at radius 2 is 2.00 bits per heavy atom. The summed E-state index contributed by atoms with van der Waals surface area (Å²) in [6, 6.07) is 1.49.